The molecule has 4 aliphatic heterocycles. The number of hydrogen-bond donors (Lipinski definition) is 4. The van der Waals surface area contributed by atoms with Gasteiger partial charge in [-0.2, -0.15) is 30.3 Å². The fraction of sp³-hybridized carbons (Fsp3) is 0.348. The average molecular weight is 1030 g/mol. The average Bonchev–Trinajstić information content (AvgIpc) is 3.67. The zero-order valence-corrected chi connectivity index (χ0v) is 41.8. The Morgan fingerprint density at radius 2 is 1.28 bits per heavy atom. The van der Waals surface area contributed by atoms with Crippen molar-refractivity contribution in [1.82, 2.24) is 19.8 Å². The number of likely N-dealkylation sites (N-methyl/N-ethyl adjacent to an activating group) is 2. The second-order valence-electron chi connectivity index (χ2n) is 15.8. The second kappa shape index (κ2) is 25.3. The molecule has 0 saturated carbocycles. The number of ether oxygens (including phenoxy) is 2. The van der Waals surface area contributed by atoms with Crippen LogP contribution in [0.5, 0.6) is 0 Å². The van der Waals surface area contributed by atoms with E-state index < -0.39 is 48.1 Å². The molecule has 0 unspecified atom stereocenters. The number of carbonyl (C=O) groups is 4. The van der Waals surface area contributed by atoms with Gasteiger partial charge in [0.1, 0.15) is 27.5 Å². The van der Waals surface area contributed by atoms with Crippen LogP contribution in [0.15, 0.2) is 65.3 Å². The van der Waals surface area contributed by atoms with Crippen LogP contribution in [-0.4, -0.2) is 126 Å². The molecule has 4 saturated heterocycles. The van der Waals surface area contributed by atoms with E-state index in [2.05, 4.69) is 55.6 Å². The number of halogens is 6. The van der Waals surface area contributed by atoms with E-state index in [9.17, 15) is 51.1 Å². The second-order valence-corrected chi connectivity index (χ2v) is 16.6. The molecule has 2 aromatic carbocycles. The third-order valence-electron chi connectivity index (χ3n) is 10.7. The molecule has 6 heterocycles. The van der Waals surface area contributed by atoms with Gasteiger partial charge in [-0.15, -0.1) is 5.92 Å². The quantitative estimate of drug-likeness (QED) is 0.0670. The number of likely N-dealkylation sites (tertiary alicyclic amines) is 2. The number of hydrogen-bond acceptors (Lipinski definition) is 10. The van der Waals surface area contributed by atoms with Crippen molar-refractivity contribution in [3.8, 4) is 34.9 Å². The molecule has 4 fully saturated rings. The fourth-order valence-corrected chi connectivity index (χ4v) is 7.20. The summed E-state index contributed by atoms with van der Waals surface area (Å²) in [5.41, 5.74) is 10.2. The number of aliphatic hydroxyl groups is 2. The maximum Gasteiger partial charge on any atom is 1.00 e. The molecule has 0 radical (unpaired) electrons. The van der Waals surface area contributed by atoms with Crippen molar-refractivity contribution in [2.75, 3.05) is 53.6 Å². The molecule has 2 aromatic heterocycles. The van der Waals surface area contributed by atoms with Crippen LogP contribution in [0, 0.1) is 53.2 Å². The Morgan fingerprint density at radius 1 is 0.809 bits per heavy atom. The summed E-state index contributed by atoms with van der Waals surface area (Å²) in [5, 5.41) is 20.5. The van der Waals surface area contributed by atoms with Crippen LogP contribution in [0.2, 0.25) is 0 Å². The van der Waals surface area contributed by atoms with Crippen molar-refractivity contribution in [2.24, 2.45) is 23.3 Å². The molecule has 22 heteroatoms. The summed E-state index contributed by atoms with van der Waals surface area (Å²) >= 11 is 2.93. The summed E-state index contributed by atoms with van der Waals surface area (Å²) in [7, 11) is -0.396. The minimum Gasteiger partial charge on any atom is -0.381 e. The Balaban J connectivity index is 0.000000230. The molecule has 14 nitrogen and oxygen atoms in total. The maximum absolute atomic E-state index is 14.9. The SMILES string of the molecule is CN1CC[C@@](O)(C#Cc2c[c-]ccc2)C1=O.CN1CC[C@@](O)(C#Cc2cccc(-c3nc(C(N)=O)c(CC4COC4)cc3F)c2)C1=O.FB(F)F.NC(=O)c1nc(Br)c(F)cc1CC1COC1.[K+]. The van der Waals surface area contributed by atoms with Crippen LogP contribution in [0.3, 0.4) is 0 Å². The first-order valence-corrected chi connectivity index (χ1v) is 21.3. The number of rotatable bonds is 7. The fourth-order valence-electron chi connectivity index (χ4n) is 6.90. The van der Waals surface area contributed by atoms with Crippen molar-refractivity contribution < 1.29 is 112 Å². The zero-order chi connectivity index (χ0) is 49.1. The molecule has 2 atom stereocenters. The maximum atomic E-state index is 14.9. The van der Waals surface area contributed by atoms with Crippen molar-refractivity contribution in [2.45, 2.75) is 36.9 Å². The first-order valence-electron chi connectivity index (χ1n) is 20.5. The predicted octanol–water partition coefficient (Wildman–Crippen LogP) is 0.706. The summed E-state index contributed by atoms with van der Waals surface area (Å²) in [5.74, 6) is 8.23. The van der Waals surface area contributed by atoms with Gasteiger partial charge in [0.05, 0.1) is 26.4 Å². The van der Waals surface area contributed by atoms with Gasteiger partial charge in [0.2, 0.25) is 11.2 Å². The number of pyridine rings is 2. The Hall–Kier alpha value is -4.59. The first-order chi connectivity index (χ1) is 31.7. The van der Waals surface area contributed by atoms with Crippen LogP contribution >= 0.6 is 15.9 Å². The van der Waals surface area contributed by atoms with Gasteiger partial charge in [-0.3, -0.25) is 32.1 Å². The largest absolute Gasteiger partial charge is 1.00 e. The van der Waals surface area contributed by atoms with E-state index in [0.29, 0.717) is 87.0 Å². The van der Waals surface area contributed by atoms with Gasteiger partial charge in [0, 0.05) is 63.0 Å². The normalized spacial score (nSPS) is 19.3. The smallest absolute Gasteiger partial charge is 0.381 e. The number of aromatic nitrogens is 2. The van der Waals surface area contributed by atoms with E-state index in [-0.39, 0.29) is 91.3 Å². The van der Waals surface area contributed by atoms with E-state index >= 15 is 0 Å². The molecule has 0 bridgehead atoms. The standard InChI is InChI=1S/C23H22FN3O4.C13H12NO2.C10H10BrFN2O2.BF3.K/c1-27-8-7-23(30,22(27)29)6-5-14-3-2-4-16(9-14)19-18(24)11-17(10-15-12-31-13-15)20(26-19)21(25)28;1-14-10-9-13(16,12(14)15)8-7-11-5-3-2-4-6-11;11-9-7(12)2-6(1-5-3-16-4-5)8(14-9)10(13)15;2-1(3)4;/h2-4,9,11,15,30H,7-8,10,12-13H2,1H3,(H2,25,28);2-3,5-6,16H,9-10H2,1H3;2,5H,1,3-4H2,(H2,13,15);;/q;-1;;;+1/t23-;13-;;;/m00.../s1. The molecule has 68 heavy (non-hydrogen) atoms. The van der Waals surface area contributed by atoms with Gasteiger partial charge in [-0.05, 0) is 64.2 Å². The van der Waals surface area contributed by atoms with E-state index in [4.69, 9.17) is 20.9 Å². The van der Waals surface area contributed by atoms with Crippen molar-refractivity contribution in [3.63, 3.8) is 0 Å². The van der Waals surface area contributed by atoms with E-state index in [1.807, 2.05) is 12.1 Å². The summed E-state index contributed by atoms with van der Waals surface area (Å²) in [4.78, 5) is 57.7. The van der Waals surface area contributed by atoms with Crippen LogP contribution in [0.4, 0.5) is 21.7 Å². The Morgan fingerprint density at radius 3 is 1.71 bits per heavy atom. The molecule has 4 aromatic rings. The molecule has 352 valence electrons. The van der Waals surface area contributed by atoms with Gasteiger partial charge in [-0.1, -0.05) is 35.5 Å². The third kappa shape index (κ3) is 15.2. The van der Waals surface area contributed by atoms with Crippen molar-refractivity contribution >= 4 is 47.1 Å². The number of amides is 4. The van der Waals surface area contributed by atoms with E-state index in [1.54, 1.807) is 50.5 Å². The van der Waals surface area contributed by atoms with Crippen LogP contribution in [0.1, 0.15) is 56.1 Å². The number of nitrogens with two attached hydrogens (primary N) is 2. The van der Waals surface area contributed by atoms with Gasteiger partial charge in [-0.25, -0.2) is 18.7 Å². The molecule has 4 aliphatic rings. The number of nitrogens with zero attached hydrogens (tertiary/aromatic N) is 4. The topological polar surface area (TPSA) is 211 Å². The molecular weight excluding hydrogens is 989 g/mol. The summed E-state index contributed by atoms with van der Waals surface area (Å²) in [6.07, 6.45) is 1.62. The van der Waals surface area contributed by atoms with Crippen LogP contribution in [-0.2, 0) is 31.9 Å². The van der Waals surface area contributed by atoms with E-state index in [0.717, 1.165) is 5.56 Å². The summed E-state index contributed by atoms with van der Waals surface area (Å²) < 4.78 is 67.4. The molecule has 0 aliphatic carbocycles. The molecule has 6 N–H and O–H groups in total. The molecule has 0 spiro atoms. The summed E-state index contributed by atoms with van der Waals surface area (Å²) in [6, 6.07) is 19.2. The van der Waals surface area contributed by atoms with Gasteiger partial charge >= 0.3 is 58.9 Å². The Kier molecular flexibility index (Phi) is 20.9. The Bertz CT molecular complexity index is 2610. The molecule has 8 rings (SSSR count). The Labute approximate surface area is 440 Å². The first kappa shape index (κ1) is 56.0. The summed E-state index contributed by atoms with van der Waals surface area (Å²) in [6.45, 7) is 3.37. The molecule has 4 amide bonds. The minimum absolute atomic E-state index is 0. The number of primary amides is 2. The van der Waals surface area contributed by atoms with Gasteiger partial charge in [0.25, 0.3) is 23.6 Å². The van der Waals surface area contributed by atoms with Gasteiger partial charge < -0.3 is 41.0 Å². The van der Waals surface area contributed by atoms with Crippen LogP contribution < -0.4 is 62.9 Å². The van der Waals surface area contributed by atoms with Crippen molar-refractivity contribution in [3.05, 3.63) is 117 Å². The van der Waals surface area contributed by atoms with Crippen LogP contribution in [0.25, 0.3) is 11.3 Å². The molecular formula is C46H44BBrF5KN6O8. The third-order valence-corrected chi connectivity index (χ3v) is 11.2. The number of benzene rings is 2. The zero-order valence-electron chi connectivity index (χ0n) is 37.1. The van der Waals surface area contributed by atoms with E-state index in [1.165, 1.54) is 21.9 Å². The predicted molar refractivity (Wildman–Crippen MR) is 237 cm³/mol. The number of carbonyl (C=O) groups excluding carboxylic acids is 4. The minimum atomic E-state index is -3.67. The van der Waals surface area contributed by atoms with Crippen molar-refractivity contribution in [1.29, 1.82) is 0 Å². The van der Waals surface area contributed by atoms with Gasteiger partial charge in [0.15, 0.2) is 5.82 Å². The monoisotopic (exact) mass is 1030 g/mol.